The van der Waals surface area contributed by atoms with E-state index >= 15 is 0 Å². The lowest BCUT2D eigenvalue weighted by molar-refractivity contribution is -0.142. The van der Waals surface area contributed by atoms with Crippen molar-refractivity contribution < 1.29 is 9.59 Å². The summed E-state index contributed by atoms with van der Waals surface area (Å²) in [5.41, 5.74) is 5.89. The Balaban J connectivity index is 1.51. The zero-order valence-corrected chi connectivity index (χ0v) is 12.7. The first-order valence-corrected chi connectivity index (χ1v) is 8.76. The topological polar surface area (TPSA) is 63.4 Å². The Kier molecular flexibility index (Phi) is 3.32. The van der Waals surface area contributed by atoms with Gasteiger partial charge in [-0.25, -0.2) is 0 Å². The second kappa shape index (κ2) is 5.08. The van der Waals surface area contributed by atoms with E-state index in [-0.39, 0.29) is 23.7 Å². The van der Waals surface area contributed by atoms with Gasteiger partial charge in [-0.05, 0) is 62.3 Å². The van der Waals surface area contributed by atoms with Crippen LogP contribution in [-0.2, 0) is 9.59 Å². The van der Waals surface area contributed by atoms with E-state index < -0.39 is 0 Å². The molecule has 4 aliphatic rings. The average Bonchev–Trinajstić information content (AvgIpc) is 3.17. The number of nitrogens with two attached hydrogens (primary N) is 1. The van der Waals surface area contributed by atoms with Crippen LogP contribution in [0.25, 0.3) is 0 Å². The van der Waals surface area contributed by atoms with Gasteiger partial charge in [-0.2, -0.15) is 0 Å². The van der Waals surface area contributed by atoms with Crippen LogP contribution in [0, 0.1) is 35.5 Å². The highest BCUT2D eigenvalue weighted by Crippen LogP contribution is 2.56. The molecule has 1 aliphatic heterocycles. The van der Waals surface area contributed by atoms with Crippen LogP contribution in [-0.4, -0.2) is 29.8 Å². The minimum Gasteiger partial charge on any atom is -0.330 e. The maximum Gasteiger partial charge on any atom is 0.233 e. The van der Waals surface area contributed by atoms with Crippen molar-refractivity contribution in [1.29, 1.82) is 0 Å². The number of rotatable bonds is 3. The molecule has 2 N–H and O–H groups in total. The predicted octanol–water partition coefficient (Wildman–Crippen LogP) is 1.78. The first kappa shape index (κ1) is 13.7. The lowest BCUT2D eigenvalue weighted by Crippen LogP contribution is -2.41. The fraction of sp³-hybridized carbons (Fsp3) is 0.882. The fourth-order valence-corrected chi connectivity index (χ4v) is 5.72. The Morgan fingerprint density at radius 1 is 0.905 bits per heavy atom. The number of fused-ring (bicyclic) bond motifs is 5. The van der Waals surface area contributed by atoms with Crippen molar-refractivity contribution in [3.05, 3.63) is 0 Å². The summed E-state index contributed by atoms with van der Waals surface area (Å²) >= 11 is 0. The monoisotopic (exact) mass is 290 g/mol. The van der Waals surface area contributed by atoms with Gasteiger partial charge in [0.1, 0.15) is 0 Å². The standard InChI is InChI=1S/C17H26N2O2/c18-8-12-3-1-2-4-13(12)9-19-16(20)14-10-5-6-11(7-10)15(14)17(19)21/h10-15H,1-9,18H2/t10-,11+,12-,13-,14+,15-/m0/s1. The molecule has 0 aromatic carbocycles. The molecule has 4 fully saturated rings. The second-order valence-electron chi connectivity index (χ2n) is 7.71. The summed E-state index contributed by atoms with van der Waals surface area (Å²) in [6, 6.07) is 0. The van der Waals surface area contributed by atoms with Crippen LogP contribution in [0.4, 0.5) is 0 Å². The van der Waals surface area contributed by atoms with Crippen molar-refractivity contribution in [2.24, 2.45) is 41.2 Å². The van der Waals surface area contributed by atoms with Crippen molar-refractivity contribution in [3.63, 3.8) is 0 Å². The molecule has 4 heteroatoms. The Hall–Kier alpha value is -0.900. The molecule has 1 saturated heterocycles. The number of hydrogen-bond acceptors (Lipinski definition) is 3. The SMILES string of the molecule is NC[C@@H]1CCCC[C@H]1CN1C(=O)[C@@H]2[C@H]3CC[C@H](C3)[C@@H]2C1=O. The lowest BCUT2D eigenvalue weighted by Gasteiger charge is -2.33. The second-order valence-corrected chi connectivity index (χ2v) is 7.71. The van der Waals surface area contributed by atoms with E-state index in [1.54, 1.807) is 4.90 Å². The van der Waals surface area contributed by atoms with Crippen LogP contribution < -0.4 is 5.73 Å². The molecule has 0 aromatic heterocycles. The minimum atomic E-state index is 0.0381. The molecule has 2 amide bonds. The summed E-state index contributed by atoms with van der Waals surface area (Å²) in [5, 5.41) is 0. The van der Waals surface area contributed by atoms with Gasteiger partial charge in [0.05, 0.1) is 11.8 Å². The lowest BCUT2D eigenvalue weighted by atomic mass is 9.79. The summed E-state index contributed by atoms with van der Waals surface area (Å²) in [7, 11) is 0. The molecule has 6 atom stereocenters. The first-order valence-electron chi connectivity index (χ1n) is 8.76. The van der Waals surface area contributed by atoms with E-state index in [9.17, 15) is 9.59 Å². The van der Waals surface area contributed by atoms with Gasteiger partial charge in [0.2, 0.25) is 11.8 Å². The van der Waals surface area contributed by atoms with E-state index in [4.69, 9.17) is 5.73 Å². The molecule has 0 spiro atoms. The molecule has 21 heavy (non-hydrogen) atoms. The molecule has 116 valence electrons. The summed E-state index contributed by atoms with van der Waals surface area (Å²) in [6.45, 7) is 1.34. The third-order valence-electron chi connectivity index (χ3n) is 6.81. The maximum atomic E-state index is 12.7. The van der Waals surface area contributed by atoms with E-state index in [0.29, 0.717) is 36.8 Å². The number of nitrogens with zero attached hydrogens (tertiary/aromatic N) is 1. The van der Waals surface area contributed by atoms with Crippen LogP contribution in [0.2, 0.25) is 0 Å². The molecule has 0 unspecified atom stereocenters. The molecule has 0 radical (unpaired) electrons. The summed E-state index contributed by atoms with van der Waals surface area (Å²) < 4.78 is 0. The van der Waals surface area contributed by atoms with Gasteiger partial charge < -0.3 is 5.73 Å². The van der Waals surface area contributed by atoms with E-state index in [2.05, 4.69) is 0 Å². The smallest absolute Gasteiger partial charge is 0.233 e. The van der Waals surface area contributed by atoms with Crippen molar-refractivity contribution in [2.75, 3.05) is 13.1 Å². The molecule has 0 aromatic rings. The number of likely N-dealkylation sites (tertiary alicyclic amines) is 1. The predicted molar refractivity (Wildman–Crippen MR) is 79.0 cm³/mol. The van der Waals surface area contributed by atoms with Gasteiger partial charge in [-0.15, -0.1) is 0 Å². The normalized spacial score (nSPS) is 45.5. The van der Waals surface area contributed by atoms with Crippen LogP contribution in [0.1, 0.15) is 44.9 Å². The quantitative estimate of drug-likeness (QED) is 0.806. The summed E-state index contributed by atoms with van der Waals surface area (Å²) in [5.74, 6) is 2.31. The minimum absolute atomic E-state index is 0.0381. The van der Waals surface area contributed by atoms with Gasteiger partial charge >= 0.3 is 0 Å². The Morgan fingerprint density at radius 3 is 2.05 bits per heavy atom. The van der Waals surface area contributed by atoms with Crippen molar-refractivity contribution in [2.45, 2.75) is 44.9 Å². The number of amides is 2. The Morgan fingerprint density at radius 2 is 1.48 bits per heavy atom. The highest BCUT2D eigenvalue weighted by Gasteiger charge is 2.60. The van der Waals surface area contributed by atoms with E-state index in [0.717, 1.165) is 32.1 Å². The fourth-order valence-electron chi connectivity index (χ4n) is 5.72. The van der Waals surface area contributed by atoms with E-state index in [1.165, 1.54) is 12.8 Å². The van der Waals surface area contributed by atoms with Crippen molar-refractivity contribution >= 4 is 11.8 Å². The van der Waals surface area contributed by atoms with Gasteiger partial charge in [-0.3, -0.25) is 14.5 Å². The van der Waals surface area contributed by atoms with Gasteiger partial charge in [-0.1, -0.05) is 12.8 Å². The first-order chi connectivity index (χ1) is 10.2. The van der Waals surface area contributed by atoms with Crippen LogP contribution in [0.3, 0.4) is 0 Å². The molecule has 3 saturated carbocycles. The highest BCUT2D eigenvalue weighted by atomic mass is 16.2. The Bertz CT molecular complexity index is 436. The van der Waals surface area contributed by atoms with Crippen LogP contribution >= 0.6 is 0 Å². The largest absolute Gasteiger partial charge is 0.330 e. The number of imide groups is 1. The third kappa shape index (κ3) is 1.98. The van der Waals surface area contributed by atoms with Gasteiger partial charge in [0.25, 0.3) is 0 Å². The van der Waals surface area contributed by atoms with Crippen LogP contribution in [0.5, 0.6) is 0 Å². The molecule has 4 nitrogen and oxygen atoms in total. The van der Waals surface area contributed by atoms with Gasteiger partial charge in [0, 0.05) is 6.54 Å². The van der Waals surface area contributed by atoms with Crippen LogP contribution in [0.15, 0.2) is 0 Å². The molecule has 4 rings (SSSR count). The molecular formula is C17H26N2O2. The zero-order valence-electron chi connectivity index (χ0n) is 12.7. The summed E-state index contributed by atoms with van der Waals surface area (Å²) in [4.78, 5) is 27.1. The van der Waals surface area contributed by atoms with E-state index in [1.807, 2.05) is 0 Å². The number of carbonyl (C=O) groups is 2. The molecule has 3 aliphatic carbocycles. The third-order valence-corrected chi connectivity index (χ3v) is 6.81. The highest BCUT2D eigenvalue weighted by molar-refractivity contribution is 6.06. The molecule has 1 heterocycles. The summed E-state index contributed by atoms with van der Waals surface area (Å²) in [6.07, 6.45) is 8.19. The molecular weight excluding hydrogens is 264 g/mol. The number of carbonyl (C=O) groups excluding carboxylic acids is 2. The maximum absolute atomic E-state index is 12.7. The number of hydrogen-bond donors (Lipinski definition) is 1. The van der Waals surface area contributed by atoms with Crippen molar-refractivity contribution in [1.82, 2.24) is 4.90 Å². The van der Waals surface area contributed by atoms with Crippen molar-refractivity contribution in [3.8, 4) is 0 Å². The molecule has 2 bridgehead atoms. The zero-order chi connectivity index (χ0) is 14.6. The van der Waals surface area contributed by atoms with Gasteiger partial charge in [0.15, 0.2) is 0 Å². The average molecular weight is 290 g/mol. The Labute approximate surface area is 126 Å².